The van der Waals surface area contributed by atoms with Crippen LogP contribution in [-0.4, -0.2) is 35.1 Å². The van der Waals surface area contributed by atoms with E-state index in [0.29, 0.717) is 53.7 Å². The van der Waals surface area contributed by atoms with Gasteiger partial charge in [0.15, 0.2) is 0 Å². The standard InChI is InChI=1S/C26H31Cl2NO2.ClH/c1-17(21-8-9-24(27)25(28)16-21)14-18-2-3-22(15-18)19-4-6-20(7-5-19)26(31)29-12-10-23(30)11-13-29;/h4-9,16-18,22-23,30H,2-3,10-15H2,1H3;1H/t17-,18?,22-;/m0./s1. The molecule has 4 rings (SSSR count). The van der Waals surface area contributed by atoms with Gasteiger partial charge in [-0.05, 0) is 91.7 Å². The number of benzene rings is 2. The van der Waals surface area contributed by atoms with Crippen LogP contribution in [0, 0.1) is 5.92 Å². The molecule has 1 unspecified atom stereocenters. The number of aliphatic hydroxyl groups excluding tert-OH is 1. The van der Waals surface area contributed by atoms with Crippen molar-refractivity contribution in [3.05, 3.63) is 69.2 Å². The first-order valence-corrected chi connectivity index (χ1v) is 12.2. The van der Waals surface area contributed by atoms with Crippen LogP contribution in [0.2, 0.25) is 10.0 Å². The summed E-state index contributed by atoms with van der Waals surface area (Å²) in [5.74, 6) is 1.82. The molecule has 2 fully saturated rings. The second-order valence-corrected chi connectivity index (χ2v) is 10.1. The number of carbonyl (C=O) groups excluding carboxylic acids is 1. The number of nitrogens with zero attached hydrogens (tertiary/aromatic N) is 1. The van der Waals surface area contributed by atoms with Gasteiger partial charge in [0, 0.05) is 18.7 Å². The molecule has 1 saturated heterocycles. The summed E-state index contributed by atoms with van der Waals surface area (Å²) in [6.07, 6.45) is 5.89. The van der Waals surface area contributed by atoms with Gasteiger partial charge < -0.3 is 10.0 Å². The number of aliphatic hydroxyl groups is 1. The maximum Gasteiger partial charge on any atom is 0.253 e. The molecule has 32 heavy (non-hydrogen) atoms. The summed E-state index contributed by atoms with van der Waals surface area (Å²) in [6.45, 7) is 3.55. The van der Waals surface area contributed by atoms with E-state index in [1.807, 2.05) is 29.2 Å². The lowest BCUT2D eigenvalue weighted by molar-refractivity contribution is 0.0546. The lowest BCUT2D eigenvalue weighted by Gasteiger charge is -2.29. The van der Waals surface area contributed by atoms with Crippen molar-refractivity contribution < 1.29 is 9.90 Å². The summed E-state index contributed by atoms with van der Waals surface area (Å²) in [5, 5.41) is 10.9. The molecule has 0 aromatic heterocycles. The van der Waals surface area contributed by atoms with Gasteiger partial charge in [0.25, 0.3) is 5.91 Å². The molecular formula is C26H32Cl3NO2. The Morgan fingerprint density at radius 3 is 2.38 bits per heavy atom. The Labute approximate surface area is 207 Å². The molecule has 1 N–H and O–H groups in total. The van der Waals surface area contributed by atoms with E-state index in [-0.39, 0.29) is 24.4 Å². The van der Waals surface area contributed by atoms with Crippen molar-refractivity contribution in [2.45, 2.75) is 63.4 Å². The molecule has 0 spiro atoms. The SMILES string of the molecule is C[C@@H](CC1CC[C@H](c2ccc(C(=O)N3CCC(O)CC3)cc2)C1)c1ccc(Cl)c(Cl)c1.Cl. The topological polar surface area (TPSA) is 40.5 Å². The van der Waals surface area contributed by atoms with Gasteiger partial charge in [-0.15, -0.1) is 12.4 Å². The van der Waals surface area contributed by atoms with Gasteiger partial charge >= 0.3 is 0 Å². The lowest BCUT2D eigenvalue weighted by Crippen LogP contribution is -2.40. The van der Waals surface area contributed by atoms with Crippen LogP contribution in [0.4, 0.5) is 0 Å². The van der Waals surface area contributed by atoms with Gasteiger partial charge in [-0.2, -0.15) is 0 Å². The van der Waals surface area contributed by atoms with Crippen molar-refractivity contribution in [3.8, 4) is 0 Å². The molecule has 174 valence electrons. The van der Waals surface area contributed by atoms with Crippen molar-refractivity contribution in [1.29, 1.82) is 0 Å². The number of amides is 1. The summed E-state index contributed by atoms with van der Waals surface area (Å²) < 4.78 is 0. The highest BCUT2D eigenvalue weighted by molar-refractivity contribution is 6.42. The minimum Gasteiger partial charge on any atom is -0.393 e. The van der Waals surface area contributed by atoms with E-state index >= 15 is 0 Å². The van der Waals surface area contributed by atoms with Crippen LogP contribution in [-0.2, 0) is 0 Å². The average molecular weight is 497 g/mol. The number of halogens is 3. The van der Waals surface area contributed by atoms with Gasteiger partial charge in [0.1, 0.15) is 0 Å². The molecule has 2 aromatic carbocycles. The van der Waals surface area contributed by atoms with Crippen LogP contribution in [0.3, 0.4) is 0 Å². The molecule has 3 nitrogen and oxygen atoms in total. The first-order chi connectivity index (χ1) is 14.9. The van der Waals surface area contributed by atoms with Crippen LogP contribution in [0.25, 0.3) is 0 Å². The Kier molecular flexibility index (Phi) is 8.91. The predicted octanol–water partition coefficient (Wildman–Crippen LogP) is 7.09. The van der Waals surface area contributed by atoms with Gasteiger partial charge in [0.2, 0.25) is 0 Å². The maximum absolute atomic E-state index is 12.7. The molecule has 0 radical (unpaired) electrons. The first-order valence-electron chi connectivity index (χ1n) is 11.4. The molecule has 1 saturated carbocycles. The third kappa shape index (κ3) is 5.99. The van der Waals surface area contributed by atoms with Crippen molar-refractivity contribution in [2.75, 3.05) is 13.1 Å². The van der Waals surface area contributed by atoms with Crippen molar-refractivity contribution >= 4 is 41.5 Å². The van der Waals surface area contributed by atoms with E-state index in [1.54, 1.807) is 0 Å². The third-order valence-electron chi connectivity index (χ3n) is 7.12. The molecule has 6 heteroatoms. The number of carbonyl (C=O) groups is 1. The van der Waals surface area contributed by atoms with E-state index in [2.05, 4.69) is 25.1 Å². The smallest absolute Gasteiger partial charge is 0.253 e. The Hall–Kier alpha value is -1.26. The number of likely N-dealkylation sites (tertiary alicyclic amines) is 1. The highest BCUT2D eigenvalue weighted by Crippen LogP contribution is 2.42. The predicted molar refractivity (Wildman–Crippen MR) is 134 cm³/mol. The monoisotopic (exact) mass is 495 g/mol. The molecule has 3 atom stereocenters. The van der Waals surface area contributed by atoms with Crippen LogP contribution >= 0.6 is 35.6 Å². The molecule has 2 aliphatic rings. The zero-order valence-electron chi connectivity index (χ0n) is 18.5. The van der Waals surface area contributed by atoms with Gasteiger partial charge in [-0.25, -0.2) is 0 Å². The van der Waals surface area contributed by atoms with Crippen LogP contribution in [0.1, 0.15) is 78.8 Å². The minimum atomic E-state index is -0.263. The van der Waals surface area contributed by atoms with Crippen LogP contribution in [0.15, 0.2) is 42.5 Å². The Balaban J connectivity index is 0.00000289. The molecular weight excluding hydrogens is 465 g/mol. The van der Waals surface area contributed by atoms with Crippen LogP contribution < -0.4 is 0 Å². The summed E-state index contributed by atoms with van der Waals surface area (Å²) in [5.41, 5.74) is 3.35. The zero-order chi connectivity index (χ0) is 22.0. The highest BCUT2D eigenvalue weighted by Gasteiger charge is 2.28. The first kappa shape index (κ1) is 25.4. The quantitative estimate of drug-likeness (QED) is 0.480. The zero-order valence-corrected chi connectivity index (χ0v) is 20.8. The normalized spacial score (nSPS) is 22.4. The third-order valence-corrected chi connectivity index (χ3v) is 7.86. The second kappa shape index (κ2) is 11.2. The highest BCUT2D eigenvalue weighted by atomic mass is 35.5. The maximum atomic E-state index is 12.7. The largest absolute Gasteiger partial charge is 0.393 e. The van der Waals surface area contributed by atoms with E-state index in [0.717, 1.165) is 12.0 Å². The molecule has 0 bridgehead atoms. The van der Waals surface area contributed by atoms with Gasteiger partial charge in [0.05, 0.1) is 16.1 Å². The summed E-state index contributed by atoms with van der Waals surface area (Å²) in [6, 6.07) is 14.2. The fourth-order valence-corrected chi connectivity index (χ4v) is 5.50. The van der Waals surface area contributed by atoms with Crippen LogP contribution in [0.5, 0.6) is 0 Å². The fraction of sp³-hybridized carbons (Fsp3) is 0.500. The Morgan fingerprint density at radius 1 is 1.03 bits per heavy atom. The second-order valence-electron chi connectivity index (χ2n) is 9.33. The van der Waals surface area contributed by atoms with Crippen molar-refractivity contribution in [2.24, 2.45) is 5.92 Å². The number of piperidine rings is 1. The van der Waals surface area contributed by atoms with E-state index in [1.165, 1.54) is 30.4 Å². The van der Waals surface area contributed by atoms with Gasteiger partial charge in [-0.1, -0.05) is 48.3 Å². The lowest BCUT2D eigenvalue weighted by atomic mass is 9.88. The number of rotatable bonds is 5. The van der Waals surface area contributed by atoms with Crippen molar-refractivity contribution in [3.63, 3.8) is 0 Å². The Bertz CT molecular complexity index is 910. The molecule has 1 aliphatic carbocycles. The molecule has 1 heterocycles. The van der Waals surface area contributed by atoms with Gasteiger partial charge in [-0.3, -0.25) is 4.79 Å². The van der Waals surface area contributed by atoms with E-state index < -0.39 is 0 Å². The number of hydrogen-bond acceptors (Lipinski definition) is 2. The van der Waals surface area contributed by atoms with E-state index in [4.69, 9.17) is 23.2 Å². The minimum absolute atomic E-state index is 0. The molecule has 1 amide bonds. The summed E-state index contributed by atoms with van der Waals surface area (Å²) in [4.78, 5) is 14.6. The summed E-state index contributed by atoms with van der Waals surface area (Å²) in [7, 11) is 0. The molecule has 2 aromatic rings. The fourth-order valence-electron chi connectivity index (χ4n) is 5.20. The van der Waals surface area contributed by atoms with E-state index in [9.17, 15) is 9.90 Å². The van der Waals surface area contributed by atoms with Crippen molar-refractivity contribution in [1.82, 2.24) is 4.90 Å². The number of hydrogen-bond donors (Lipinski definition) is 1. The molecule has 1 aliphatic heterocycles. The average Bonchev–Trinajstić information content (AvgIpc) is 3.24. The summed E-state index contributed by atoms with van der Waals surface area (Å²) >= 11 is 12.3. The Morgan fingerprint density at radius 2 is 1.72 bits per heavy atom.